The number of hydrogen-bond acceptors (Lipinski definition) is 4. The van der Waals surface area contributed by atoms with Gasteiger partial charge in [-0.2, -0.15) is 0 Å². The van der Waals surface area contributed by atoms with Crippen molar-refractivity contribution in [2.75, 3.05) is 26.8 Å². The average molecular weight is 348 g/mol. The van der Waals surface area contributed by atoms with Gasteiger partial charge in [-0.1, -0.05) is 12.1 Å². The maximum atomic E-state index is 12.0. The summed E-state index contributed by atoms with van der Waals surface area (Å²) in [5.74, 6) is 0.608. The van der Waals surface area contributed by atoms with Gasteiger partial charge in [0.2, 0.25) is 0 Å². The lowest BCUT2D eigenvalue weighted by Crippen LogP contribution is -2.31. The van der Waals surface area contributed by atoms with Crippen LogP contribution in [0.1, 0.15) is 32.8 Å². The van der Waals surface area contributed by atoms with Crippen LogP contribution in [-0.4, -0.2) is 49.7 Å². The fourth-order valence-electron chi connectivity index (χ4n) is 2.85. The molecule has 1 atom stereocenters. The molecule has 6 heteroatoms. The van der Waals surface area contributed by atoms with Crippen molar-refractivity contribution in [2.24, 2.45) is 5.41 Å². The van der Waals surface area contributed by atoms with E-state index in [-0.39, 0.29) is 18.0 Å². The lowest BCUT2D eigenvalue weighted by Gasteiger charge is -2.22. The van der Waals surface area contributed by atoms with Gasteiger partial charge in [-0.3, -0.25) is 4.79 Å². The van der Waals surface area contributed by atoms with Crippen molar-refractivity contribution < 1.29 is 19.1 Å². The van der Waals surface area contributed by atoms with Gasteiger partial charge >= 0.3 is 12.0 Å². The Hall–Kier alpha value is -2.24. The summed E-state index contributed by atoms with van der Waals surface area (Å²) in [5.41, 5.74) is 0.515. The number of carbonyl (C=O) groups excluding carboxylic acids is 2. The topological polar surface area (TPSA) is 67.9 Å². The lowest BCUT2D eigenvalue weighted by atomic mass is 9.86. The fourth-order valence-corrected chi connectivity index (χ4v) is 2.85. The van der Waals surface area contributed by atoms with Crippen LogP contribution >= 0.6 is 0 Å². The highest BCUT2D eigenvalue weighted by Gasteiger charge is 2.29. The van der Waals surface area contributed by atoms with E-state index < -0.39 is 5.41 Å². The standard InChI is InChI=1S/C19H28N2O4/c1-5-24-17(22)19(2,3)12-14-6-8-16(9-7-14)25-11-10-15-13-20-18(23)21(15)4/h6-9,15H,5,10-13H2,1-4H3,(H,20,23). The number of likely N-dealkylation sites (N-methyl/N-ethyl adjacent to an activating group) is 1. The quantitative estimate of drug-likeness (QED) is 0.733. The SMILES string of the molecule is CCOC(=O)C(C)(C)Cc1ccc(OCCC2CNC(=O)N2C)cc1. The Morgan fingerprint density at radius 1 is 1.32 bits per heavy atom. The number of amides is 2. The van der Waals surface area contributed by atoms with Gasteiger partial charge in [0.05, 0.1) is 24.7 Å². The first-order valence-electron chi connectivity index (χ1n) is 8.73. The Morgan fingerprint density at radius 3 is 2.56 bits per heavy atom. The second-order valence-corrected chi connectivity index (χ2v) is 7.01. The Kier molecular flexibility index (Phi) is 6.28. The molecule has 2 amide bonds. The number of ether oxygens (including phenoxy) is 2. The molecule has 25 heavy (non-hydrogen) atoms. The molecule has 1 heterocycles. The van der Waals surface area contributed by atoms with E-state index in [0.29, 0.717) is 26.2 Å². The molecule has 1 aromatic carbocycles. The molecule has 2 rings (SSSR count). The van der Waals surface area contributed by atoms with Crippen molar-refractivity contribution in [2.45, 2.75) is 39.7 Å². The number of nitrogens with zero attached hydrogens (tertiary/aromatic N) is 1. The molecule has 1 unspecified atom stereocenters. The molecule has 6 nitrogen and oxygen atoms in total. The van der Waals surface area contributed by atoms with E-state index in [0.717, 1.165) is 17.7 Å². The van der Waals surface area contributed by atoms with Crippen molar-refractivity contribution in [3.63, 3.8) is 0 Å². The van der Waals surface area contributed by atoms with Crippen molar-refractivity contribution in [1.82, 2.24) is 10.2 Å². The first kappa shape index (κ1) is 19.1. The highest BCUT2D eigenvalue weighted by molar-refractivity contribution is 5.76. The molecular weight excluding hydrogens is 320 g/mol. The highest BCUT2D eigenvalue weighted by Crippen LogP contribution is 2.25. The Labute approximate surface area is 149 Å². The van der Waals surface area contributed by atoms with Crippen molar-refractivity contribution in [3.8, 4) is 5.75 Å². The minimum atomic E-state index is -0.551. The summed E-state index contributed by atoms with van der Waals surface area (Å²) in [6, 6.07) is 7.93. The van der Waals surface area contributed by atoms with Crippen LogP contribution in [0.4, 0.5) is 4.79 Å². The van der Waals surface area contributed by atoms with Crippen LogP contribution in [-0.2, 0) is 16.0 Å². The van der Waals surface area contributed by atoms with Crippen molar-refractivity contribution >= 4 is 12.0 Å². The molecule has 1 fully saturated rings. The predicted octanol–water partition coefficient (Wildman–Crippen LogP) is 2.61. The second-order valence-electron chi connectivity index (χ2n) is 7.01. The summed E-state index contributed by atoms with van der Waals surface area (Å²) in [6.07, 6.45) is 1.40. The maximum Gasteiger partial charge on any atom is 0.317 e. The smallest absolute Gasteiger partial charge is 0.317 e. The van der Waals surface area contributed by atoms with Crippen LogP contribution in [0.15, 0.2) is 24.3 Å². The van der Waals surface area contributed by atoms with Crippen molar-refractivity contribution in [3.05, 3.63) is 29.8 Å². The van der Waals surface area contributed by atoms with E-state index in [1.807, 2.05) is 45.0 Å². The van der Waals surface area contributed by atoms with Crippen LogP contribution in [0.25, 0.3) is 0 Å². The van der Waals surface area contributed by atoms with Crippen molar-refractivity contribution in [1.29, 1.82) is 0 Å². The maximum absolute atomic E-state index is 12.0. The van der Waals surface area contributed by atoms with Gasteiger partial charge in [0.25, 0.3) is 0 Å². The Balaban J connectivity index is 1.81. The van der Waals surface area contributed by atoms with E-state index in [4.69, 9.17) is 9.47 Å². The lowest BCUT2D eigenvalue weighted by molar-refractivity contribution is -0.153. The van der Waals surface area contributed by atoms with E-state index in [9.17, 15) is 9.59 Å². The monoisotopic (exact) mass is 348 g/mol. The molecule has 0 spiro atoms. The number of esters is 1. The molecule has 138 valence electrons. The zero-order valence-corrected chi connectivity index (χ0v) is 15.5. The van der Waals surface area contributed by atoms with Gasteiger partial charge in [0.1, 0.15) is 5.75 Å². The van der Waals surface area contributed by atoms with Gasteiger partial charge < -0.3 is 19.7 Å². The molecule has 1 saturated heterocycles. The third-order valence-electron chi connectivity index (χ3n) is 4.47. The zero-order chi connectivity index (χ0) is 18.4. The summed E-state index contributed by atoms with van der Waals surface area (Å²) in [7, 11) is 1.80. The highest BCUT2D eigenvalue weighted by atomic mass is 16.5. The summed E-state index contributed by atoms with van der Waals surface area (Å²) in [4.78, 5) is 25.1. The minimum Gasteiger partial charge on any atom is -0.494 e. The van der Waals surface area contributed by atoms with Crippen LogP contribution in [0, 0.1) is 5.41 Å². The molecular formula is C19H28N2O4. The molecule has 0 radical (unpaired) electrons. The van der Waals surface area contributed by atoms with Crippen LogP contribution < -0.4 is 10.1 Å². The van der Waals surface area contributed by atoms with Gasteiger partial charge in [-0.15, -0.1) is 0 Å². The minimum absolute atomic E-state index is 0.0291. The van der Waals surface area contributed by atoms with E-state index >= 15 is 0 Å². The molecule has 1 N–H and O–H groups in total. The Morgan fingerprint density at radius 2 is 2.00 bits per heavy atom. The average Bonchev–Trinajstić information content (AvgIpc) is 2.88. The molecule has 0 bridgehead atoms. The summed E-state index contributed by atoms with van der Waals surface area (Å²) < 4.78 is 10.9. The Bertz CT molecular complexity index is 598. The van der Waals surface area contributed by atoms with Crippen LogP contribution in [0.3, 0.4) is 0 Å². The van der Waals surface area contributed by atoms with Gasteiger partial charge in [-0.05, 0) is 44.9 Å². The normalized spacial score (nSPS) is 17.4. The first-order chi connectivity index (χ1) is 11.8. The molecule has 0 aliphatic carbocycles. The van der Waals surface area contributed by atoms with Gasteiger partial charge in [-0.25, -0.2) is 4.79 Å². The third kappa shape index (κ3) is 5.11. The number of benzene rings is 1. The molecule has 1 aromatic rings. The fraction of sp³-hybridized carbons (Fsp3) is 0.579. The molecule has 0 saturated carbocycles. The van der Waals surface area contributed by atoms with E-state index in [1.54, 1.807) is 11.9 Å². The summed E-state index contributed by atoms with van der Waals surface area (Å²) >= 11 is 0. The number of carbonyl (C=O) groups is 2. The number of hydrogen-bond donors (Lipinski definition) is 1. The molecule has 0 aromatic heterocycles. The number of nitrogens with one attached hydrogen (secondary N) is 1. The molecule has 1 aliphatic heterocycles. The first-order valence-corrected chi connectivity index (χ1v) is 8.73. The third-order valence-corrected chi connectivity index (χ3v) is 4.47. The van der Waals surface area contributed by atoms with E-state index in [2.05, 4.69) is 5.32 Å². The predicted molar refractivity (Wildman–Crippen MR) is 95.6 cm³/mol. The zero-order valence-electron chi connectivity index (χ0n) is 15.5. The second kappa shape index (κ2) is 8.23. The summed E-state index contributed by atoms with van der Waals surface area (Å²) in [6.45, 7) is 7.21. The largest absolute Gasteiger partial charge is 0.494 e. The number of urea groups is 1. The van der Waals surface area contributed by atoms with Gasteiger partial charge in [0.15, 0.2) is 0 Å². The van der Waals surface area contributed by atoms with E-state index in [1.165, 1.54) is 0 Å². The van der Waals surface area contributed by atoms with Crippen LogP contribution in [0.2, 0.25) is 0 Å². The van der Waals surface area contributed by atoms with Gasteiger partial charge in [0, 0.05) is 20.0 Å². The summed E-state index contributed by atoms with van der Waals surface area (Å²) in [5, 5.41) is 2.81. The number of rotatable bonds is 8. The molecule has 1 aliphatic rings. The van der Waals surface area contributed by atoms with Crippen LogP contribution in [0.5, 0.6) is 5.75 Å².